The summed E-state index contributed by atoms with van der Waals surface area (Å²) >= 11 is 0. The smallest absolute Gasteiger partial charge is 0.161 e. The fourth-order valence-electron chi connectivity index (χ4n) is 2.19. The van der Waals surface area contributed by atoms with Crippen molar-refractivity contribution in [2.45, 2.75) is 25.8 Å². The second kappa shape index (κ2) is 6.75. The maximum atomic E-state index is 11.3. The van der Waals surface area contributed by atoms with Gasteiger partial charge in [0.1, 0.15) is 6.67 Å². The Kier molecular flexibility index (Phi) is 5.01. The van der Waals surface area contributed by atoms with E-state index in [0.29, 0.717) is 19.8 Å². The third-order valence-electron chi connectivity index (χ3n) is 3.32. The van der Waals surface area contributed by atoms with Gasteiger partial charge in [0.15, 0.2) is 11.5 Å². The van der Waals surface area contributed by atoms with Crippen LogP contribution in [0.25, 0.3) is 0 Å². The molecule has 1 aliphatic heterocycles. The molecule has 0 amide bonds. The molecule has 1 aliphatic rings. The zero-order valence-electron chi connectivity index (χ0n) is 11.6. The quantitative estimate of drug-likeness (QED) is 0.592. The number of hydrogen-bond donors (Lipinski definition) is 2. The first-order valence-corrected chi connectivity index (χ1v) is 6.80. The molecule has 19 heavy (non-hydrogen) atoms. The molecule has 2 N–H and O–H groups in total. The number of ether oxygens (including phenoxy) is 2. The normalized spacial score (nSPS) is 22.5. The van der Waals surface area contributed by atoms with Gasteiger partial charge in [0.05, 0.1) is 26.3 Å². The molecule has 106 valence electrons. The molecule has 0 saturated carbocycles. The molecule has 2 rings (SSSR count). The van der Waals surface area contributed by atoms with Crippen LogP contribution < -0.4 is 19.9 Å². The van der Waals surface area contributed by atoms with Crippen LogP contribution in [0.5, 0.6) is 11.5 Å². The zero-order chi connectivity index (χ0) is 13.7. The van der Waals surface area contributed by atoms with Crippen LogP contribution in [0.1, 0.15) is 31.4 Å². The van der Waals surface area contributed by atoms with Crippen LogP contribution in [-0.2, 0) is 0 Å². The number of hydroxylamine groups is 2. The van der Waals surface area contributed by atoms with Crippen LogP contribution in [0.15, 0.2) is 18.2 Å². The monoisotopic (exact) mass is 266 g/mol. The lowest BCUT2D eigenvalue weighted by atomic mass is 10.1. The molecule has 0 aliphatic carbocycles. The minimum absolute atomic E-state index is 0.104. The minimum Gasteiger partial charge on any atom is -0.633 e. The largest absolute Gasteiger partial charge is 0.633 e. The first-order chi connectivity index (χ1) is 9.24. The van der Waals surface area contributed by atoms with Crippen LogP contribution in [0.2, 0.25) is 0 Å². The van der Waals surface area contributed by atoms with E-state index in [0.717, 1.165) is 29.9 Å². The van der Waals surface area contributed by atoms with Gasteiger partial charge in [-0.05, 0) is 24.1 Å². The van der Waals surface area contributed by atoms with Gasteiger partial charge in [-0.25, -0.2) is 0 Å². The number of benzene rings is 1. The SMILES string of the molecule is CCCCOc1cc(C2C[NH+]([O-])CN2)ccc1OC. The van der Waals surface area contributed by atoms with Crippen LogP contribution in [0.3, 0.4) is 0 Å². The zero-order valence-corrected chi connectivity index (χ0v) is 11.6. The van der Waals surface area contributed by atoms with Gasteiger partial charge in [0.25, 0.3) is 0 Å². The van der Waals surface area contributed by atoms with E-state index in [1.165, 1.54) is 0 Å². The number of rotatable bonds is 6. The van der Waals surface area contributed by atoms with E-state index in [9.17, 15) is 5.21 Å². The van der Waals surface area contributed by atoms with Crippen LogP contribution in [0, 0.1) is 5.21 Å². The molecule has 5 nitrogen and oxygen atoms in total. The van der Waals surface area contributed by atoms with E-state index < -0.39 is 0 Å². The standard InChI is InChI=1S/C14H22N2O3/c1-3-4-7-19-14-8-11(5-6-13(14)18-2)12-9-16(17)10-15-12/h5-6,8,12,15-16H,3-4,7,9-10H2,1-2H3. The van der Waals surface area contributed by atoms with Crippen LogP contribution in [-0.4, -0.2) is 26.9 Å². The Labute approximate surface area is 114 Å². The fraction of sp³-hybridized carbons (Fsp3) is 0.571. The summed E-state index contributed by atoms with van der Waals surface area (Å²) in [6.45, 7) is 3.84. The first-order valence-electron chi connectivity index (χ1n) is 6.80. The lowest BCUT2D eigenvalue weighted by Crippen LogP contribution is -3.05. The van der Waals surface area contributed by atoms with E-state index in [1.54, 1.807) is 7.11 Å². The first kappa shape index (κ1) is 14.1. The Morgan fingerprint density at radius 2 is 2.26 bits per heavy atom. The molecule has 0 radical (unpaired) electrons. The minimum atomic E-state index is 0.104. The van der Waals surface area contributed by atoms with Gasteiger partial charge >= 0.3 is 0 Å². The summed E-state index contributed by atoms with van der Waals surface area (Å²) in [4.78, 5) is 0. The van der Waals surface area contributed by atoms with Gasteiger partial charge in [-0.15, -0.1) is 0 Å². The highest BCUT2D eigenvalue weighted by atomic mass is 16.5. The molecule has 0 bridgehead atoms. The van der Waals surface area contributed by atoms with E-state index >= 15 is 0 Å². The van der Waals surface area contributed by atoms with E-state index in [2.05, 4.69) is 12.2 Å². The van der Waals surface area contributed by atoms with Crippen LogP contribution >= 0.6 is 0 Å². The molecule has 2 atom stereocenters. The highest BCUT2D eigenvalue weighted by molar-refractivity contribution is 5.44. The van der Waals surface area contributed by atoms with Crippen molar-refractivity contribution >= 4 is 0 Å². The number of quaternary nitrogens is 1. The van der Waals surface area contributed by atoms with Gasteiger partial charge in [0.2, 0.25) is 0 Å². The Bertz CT molecular complexity index is 412. The fourth-order valence-corrected chi connectivity index (χ4v) is 2.19. The number of methoxy groups -OCH3 is 1. The predicted octanol–water partition coefficient (Wildman–Crippen LogP) is 0.859. The molecule has 1 fully saturated rings. The average molecular weight is 266 g/mol. The van der Waals surface area contributed by atoms with Gasteiger partial charge in [-0.2, -0.15) is 0 Å². The molecule has 1 heterocycles. The van der Waals surface area contributed by atoms with Gasteiger partial charge in [-0.3, -0.25) is 5.32 Å². The lowest BCUT2D eigenvalue weighted by Gasteiger charge is -2.15. The molecule has 1 aromatic carbocycles. The highest BCUT2D eigenvalue weighted by Crippen LogP contribution is 2.30. The summed E-state index contributed by atoms with van der Waals surface area (Å²) in [5.74, 6) is 1.50. The Morgan fingerprint density at radius 1 is 1.42 bits per heavy atom. The lowest BCUT2D eigenvalue weighted by molar-refractivity contribution is -0.836. The Balaban J connectivity index is 2.10. The summed E-state index contributed by atoms with van der Waals surface area (Å²) in [6, 6.07) is 5.97. The van der Waals surface area contributed by atoms with Crippen molar-refractivity contribution in [2.75, 3.05) is 26.9 Å². The molecule has 2 unspecified atom stereocenters. The molecule has 5 heteroatoms. The molecular weight excluding hydrogens is 244 g/mol. The summed E-state index contributed by atoms with van der Waals surface area (Å²) in [5.41, 5.74) is 1.08. The summed E-state index contributed by atoms with van der Waals surface area (Å²) < 4.78 is 11.1. The molecule has 0 spiro atoms. The topological polar surface area (TPSA) is 58.0 Å². The highest BCUT2D eigenvalue weighted by Gasteiger charge is 2.22. The van der Waals surface area contributed by atoms with Gasteiger partial charge in [0, 0.05) is 0 Å². The molecule has 1 saturated heterocycles. The third kappa shape index (κ3) is 3.59. The Morgan fingerprint density at radius 3 is 2.89 bits per heavy atom. The number of hydrogen-bond acceptors (Lipinski definition) is 4. The number of nitrogens with one attached hydrogen (secondary N) is 2. The number of unbranched alkanes of at least 4 members (excludes halogenated alkanes) is 1. The van der Waals surface area contributed by atoms with Crippen molar-refractivity contribution in [3.8, 4) is 11.5 Å². The maximum absolute atomic E-state index is 11.3. The second-order valence-electron chi connectivity index (χ2n) is 4.79. The van der Waals surface area contributed by atoms with E-state index in [4.69, 9.17) is 9.47 Å². The predicted molar refractivity (Wildman–Crippen MR) is 73.3 cm³/mol. The van der Waals surface area contributed by atoms with Crippen molar-refractivity contribution in [2.24, 2.45) is 0 Å². The second-order valence-corrected chi connectivity index (χ2v) is 4.79. The summed E-state index contributed by atoms with van der Waals surface area (Å²) in [7, 11) is 1.64. The summed E-state index contributed by atoms with van der Waals surface area (Å²) in [6.07, 6.45) is 2.12. The van der Waals surface area contributed by atoms with Gasteiger partial charge in [-0.1, -0.05) is 19.4 Å². The molecule has 0 aromatic heterocycles. The van der Waals surface area contributed by atoms with Gasteiger partial charge < -0.3 is 19.7 Å². The van der Waals surface area contributed by atoms with Crippen LogP contribution in [0.4, 0.5) is 0 Å². The molecule has 1 aromatic rings. The maximum Gasteiger partial charge on any atom is 0.161 e. The van der Waals surface area contributed by atoms with Crippen molar-refractivity contribution < 1.29 is 14.5 Å². The average Bonchev–Trinajstić information content (AvgIpc) is 2.85. The Hall–Kier alpha value is -1.30. The molecular formula is C14H22N2O3. The van der Waals surface area contributed by atoms with Crippen molar-refractivity contribution in [3.05, 3.63) is 29.0 Å². The third-order valence-corrected chi connectivity index (χ3v) is 3.32. The van der Waals surface area contributed by atoms with Crippen molar-refractivity contribution in [1.29, 1.82) is 0 Å². The summed E-state index contributed by atoms with van der Waals surface area (Å²) in [5, 5.41) is 14.8. The van der Waals surface area contributed by atoms with E-state index in [1.807, 2.05) is 18.2 Å². The van der Waals surface area contributed by atoms with Crippen molar-refractivity contribution in [3.63, 3.8) is 0 Å². The van der Waals surface area contributed by atoms with E-state index in [-0.39, 0.29) is 11.1 Å². The van der Waals surface area contributed by atoms with Crippen molar-refractivity contribution in [1.82, 2.24) is 5.32 Å².